The van der Waals surface area contributed by atoms with Gasteiger partial charge in [0.15, 0.2) is 0 Å². The second kappa shape index (κ2) is 7.06. The third-order valence-corrected chi connectivity index (χ3v) is 3.81. The van der Waals surface area contributed by atoms with Crippen molar-refractivity contribution >= 4 is 21.8 Å². The third kappa shape index (κ3) is 3.86. The quantitative estimate of drug-likeness (QED) is 0.749. The molecule has 1 aromatic carbocycles. The zero-order valence-corrected chi connectivity index (χ0v) is 14.8. The van der Waals surface area contributed by atoms with Gasteiger partial charge in [0.2, 0.25) is 5.88 Å². The number of carbonyl (C=O) groups is 1. The third-order valence-electron chi connectivity index (χ3n) is 3.24. The van der Waals surface area contributed by atoms with Crippen molar-refractivity contribution in [2.75, 3.05) is 14.2 Å². The number of rotatable bonds is 4. The lowest BCUT2D eigenvalue weighted by Crippen LogP contribution is -2.25. The molecule has 2 aromatic rings. The van der Waals surface area contributed by atoms with E-state index in [-0.39, 0.29) is 11.7 Å². The van der Waals surface area contributed by atoms with Crippen LogP contribution in [0.2, 0.25) is 0 Å². The van der Waals surface area contributed by atoms with Crippen molar-refractivity contribution in [1.29, 1.82) is 0 Å². The van der Waals surface area contributed by atoms with Crippen LogP contribution >= 0.6 is 15.9 Å². The Labute approximate surface area is 142 Å². The molecule has 0 saturated heterocycles. The van der Waals surface area contributed by atoms with Crippen LogP contribution in [-0.2, 0) is 4.84 Å². The van der Waals surface area contributed by atoms with E-state index < -0.39 is 0 Å². The molecule has 0 aliphatic rings. The predicted molar refractivity (Wildman–Crippen MR) is 87.0 cm³/mol. The minimum absolute atomic E-state index is 0.291. The number of amides is 1. The van der Waals surface area contributed by atoms with Gasteiger partial charge < -0.3 is 4.74 Å². The van der Waals surface area contributed by atoms with Crippen molar-refractivity contribution < 1.29 is 18.8 Å². The molecular formula is C16H16BrFN2O3. The molecule has 1 heterocycles. The summed E-state index contributed by atoms with van der Waals surface area (Å²) in [6.45, 7) is 3.51. The van der Waals surface area contributed by atoms with Crippen molar-refractivity contribution in [2.24, 2.45) is 0 Å². The Balaban J connectivity index is 2.31. The summed E-state index contributed by atoms with van der Waals surface area (Å²) in [5.74, 6) is 0.177. The average molecular weight is 383 g/mol. The first-order valence-corrected chi connectivity index (χ1v) is 7.55. The highest BCUT2D eigenvalue weighted by Gasteiger charge is 2.16. The highest BCUT2D eigenvalue weighted by atomic mass is 79.9. The van der Waals surface area contributed by atoms with E-state index in [1.807, 2.05) is 0 Å². The van der Waals surface area contributed by atoms with Gasteiger partial charge in [-0.3, -0.25) is 9.63 Å². The number of benzene rings is 1. The highest BCUT2D eigenvalue weighted by Crippen LogP contribution is 2.32. The first-order valence-electron chi connectivity index (χ1n) is 6.75. The standard InChI is InChI=1S/C16H16BrFN2O3/c1-9-5-12(18)6-10(2)14(9)23-15-13(17)7-11(8-19-15)16(21)20(3)22-4/h5-8H,1-4H3. The second-order valence-electron chi connectivity index (χ2n) is 4.97. The zero-order chi connectivity index (χ0) is 17.1. The van der Waals surface area contributed by atoms with Gasteiger partial charge in [-0.05, 0) is 59.1 Å². The monoisotopic (exact) mass is 382 g/mol. The molecule has 0 N–H and O–H groups in total. The summed E-state index contributed by atoms with van der Waals surface area (Å²) in [5, 5.41) is 1.10. The zero-order valence-electron chi connectivity index (χ0n) is 13.2. The molecule has 5 nitrogen and oxygen atoms in total. The van der Waals surface area contributed by atoms with Gasteiger partial charge in [-0.1, -0.05) is 0 Å². The molecular weight excluding hydrogens is 367 g/mol. The second-order valence-corrected chi connectivity index (χ2v) is 5.82. The number of hydroxylamine groups is 2. The summed E-state index contributed by atoms with van der Waals surface area (Å²) in [5.41, 5.74) is 1.67. The topological polar surface area (TPSA) is 51.7 Å². The van der Waals surface area contributed by atoms with Gasteiger partial charge in [-0.25, -0.2) is 14.4 Å². The molecule has 23 heavy (non-hydrogen) atoms. The fourth-order valence-electron chi connectivity index (χ4n) is 2.04. The molecule has 0 bridgehead atoms. The van der Waals surface area contributed by atoms with Crippen LogP contribution in [0.1, 0.15) is 21.5 Å². The lowest BCUT2D eigenvalue weighted by atomic mass is 10.1. The van der Waals surface area contributed by atoms with E-state index in [1.54, 1.807) is 19.9 Å². The van der Waals surface area contributed by atoms with E-state index in [4.69, 9.17) is 9.57 Å². The first kappa shape index (κ1) is 17.4. The first-order chi connectivity index (χ1) is 10.8. The SMILES string of the molecule is CON(C)C(=O)c1cnc(Oc2c(C)cc(F)cc2C)c(Br)c1. The number of nitrogens with zero attached hydrogens (tertiary/aromatic N) is 2. The maximum atomic E-state index is 13.3. The van der Waals surface area contributed by atoms with Crippen LogP contribution in [0.15, 0.2) is 28.9 Å². The Morgan fingerprint density at radius 1 is 1.26 bits per heavy atom. The number of hydrogen-bond acceptors (Lipinski definition) is 4. The van der Waals surface area contributed by atoms with Crippen LogP contribution in [0.25, 0.3) is 0 Å². The number of ether oxygens (including phenoxy) is 1. The summed E-state index contributed by atoms with van der Waals surface area (Å²) in [4.78, 5) is 21.0. The maximum absolute atomic E-state index is 13.3. The van der Waals surface area contributed by atoms with Crippen LogP contribution in [0, 0.1) is 19.7 Å². The van der Waals surface area contributed by atoms with Crippen molar-refractivity contribution in [3.8, 4) is 11.6 Å². The normalized spacial score (nSPS) is 10.5. The van der Waals surface area contributed by atoms with Crippen LogP contribution in [-0.4, -0.2) is 30.1 Å². The van der Waals surface area contributed by atoms with E-state index in [1.165, 1.54) is 32.5 Å². The van der Waals surface area contributed by atoms with Crippen molar-refractivity contribution in [3.63, 3.8) is 0 Å². The fraction of sp³-hybridized carbons (Fsp3) is 0.250. The number of aryl methyl sites for hydroxylation is 2. The number of pyridine rings is 1. The Bertz CT molecular complexity index is 729. The van der Waals surface area contributed by atoms with E-state index in [2.05, 4.69) is 20.9 Å². The Morgan fingerprint density at radius 3 is 2.39 bits per heavy atom. The largest absolute Gasteiger partial charge is 0.437 e. The van der Waals surface area contributed by atoms with Crippen molar-refractivity contribution in [3.05, 3.63) is 51.4 Å². The summed E-state index contributed by atoms with van der Waals surface area (Å²) in [7, 11) is 2.91. The summed E-state index contributed by atoms with van der Waals surface area (Å²) in [6.07, 6.45) is 1.39. The van der Waals surface area contributed by atoms with E-state index in [9.17, 15) is 9.18 Å². The number of aromatic nitrogens is 1. The van der Waals surface area contributed by atoms with Crippen LogP contribution in [0.4, 0.5) is 4.39 Å². The molecule has 2 rings (SSSR count). The molecule has 1 amide bonds. The average Bonchev–Trinajstić information content (AvgIpc) is 2.50. The highest BCUT2D eigenvalue weighted by molar-refractivity contribution is 9.10. The van der Waals surface area contributed by atoms with Gasteiger partial charge in [0.25, 0.3) is 5.91 Å². The summed E-state index contributed by atoms with van der Waals surface area (Å²) < 4.78 is 19.6. The minimum atomic E-state index is -0.332. The van der Waals surface area contributed by atoms with Gasteiger partial charge in [-0.15, -0.1) is 0 Å². The van der Waals surface area contributed by atoms with E-state index in [0.717, 1.165) is 5.06 Å². The Morgan fingerprint density at radius 2 is 1.87 bits per heavy atom. The van der Waals surface area contributed by atoms with Gasteiger partial charge in [0.05, 0.1) is 17.1 Å². The van der Waals surface area contributed by atoms with Crippen molar-refractivity contribution in [2.45, 2.75) is 13.8 Å². The van der Waals surface area contributed by atoms with Crippen LogP contribution in [0.3, 0.4) is 0 Å². The molecule has 0 atom stereocenters. The van der Waals surface area contributed by atoms with Crippen LogP contribution < -0.4 is 4.74 Å². The van der Waals surface area contributed by atoms with Gasteiger partial charge in [-0.2, -0.15) is 0 Å². The molecule has 0 fully saturated rings. The lowest BCUT2D eigenvalue weighted by molar-refractivity contribution is -0.0757. The van der Waals surface area contributed by atoms with Crippen molar-refractivity contribution in [1.82, 2.24) is 10.0 Å². The molecule has 0 unspecified atom stereocenters. The van der Waals surface area contributed by atoms with E-state index in [0.29, 0.717) is 32.8 Å². The number of hydrogen-bond donors (Lipinski definition) is 0. The molecule has 7 heteroatoms. The minimum Gasteiger partial charge on any atom is -0.437 e. The van der Waals surface area contributed by atoms with E-state index >= 15 is 0 Å². The molecule has 0 aliphatic carbocycles. The van der Waals surface area contributed by atoms with Gasteiger partial charge in [0, 0.05) is 13.2 Å². The number of halogens is 2. The Hall–Kier alpha value is -1.99. The molecule has 0 radical (unpaired) electrons. The maximum Gasteiger partial charge on any atom is 0.278 e. The smallest absolute Gasteiger partial charge is 0.278 e. The Kier molecular flexibility index (Phi) is 5.33. The van der Waals surface area contributed by atoms with Gasteiger partial charge >= 0.3 is 0 Å². The molecule has 0 spiro atoms. The molecule has 122 valence electrons. The summed E-state index contributed by atoms with van der Waals surface area (Å²) >= 11 is 3.33. The number of carbonyl (C=O) groups excluding carboxylic acids is 1. The molecule has 0 aliphatic heterocycles. The van der Waals surface area contributed by atoms with Crippen LogP contribution in [0.5, 0.6) is 11.6 Å². The predicted octanol–water partition coefficient (Wildman–Crippen LogP) is 4.03. The summed E-state index contributed by atoms with van der Waals surface area (Å²) in [6, 6.07) is 4.37. The molecule has 0 saturated carbocycles. The van der Waals surface area contributed by atoms with Gasteiger partial charge in [0.1, 0.15) is 11.6 Å². The molecule has 1 aromatic heterocycles. The lowest BCUT2D eigenvalue weighted by Gasteiger charge is -2.15. The fourth-order valence-corrected chi connectivity index (χ4v) is 2.47.